The highest BCUT2D eigenvalue weighted by atomic mass is 16.5. The normalized spacial score (nSPS) is 20.0. The van der Waals surface area contributed by atoms with Crippen molar-refractivity contribution in [3.63, 3.8) is 0 Å². The van der Waals surface area contributed by atoms with Gasteiger partial charge < -0.3 is 10.1 Å². The third kappa shape index (κ3) is 4.07. The lowest BCUT2D eigenvalue weighted by Gasteiger charge is -2.11. The van der Waals surface area contributed by atoms with Gasteiger partial charge in [0.15, 0.2) is 0 Å². The molecule has 0 aliphatic heterocycles. The standard InChI is InChI=1S/C10H21NO/c1-9(2)8-12-7-6-11-10(3)4-5-10/h9,11H,4-8H2,1-3H3. The Labute approximate surface area is 75.7 Å². The molecule has 0 atom stereocenters. The molecule has 2 nitrogen and oxygen atoms in total. The highest BCUT2D eigenvalue weighted by molar-refractivity contribution is 4.97. The van der Waals surface area contributed by atoms with E-state index in [0.717, 1.165) is 19.8 Å². The molecule has 0 radical (unpaired) electrons. The zero-order chi connectivity index (χ0) is 9.03. The Kier molecular flexibility index (Phi) is 3.53. The molecule has 0 bridgehead atoms. The van der Waals surface area contributed by atoms with E-state index in [1.807, 2.05) is 0 Å². The molecule has 72 valence electrons. The molecule has 12 heavy (non-hydrogen) atoms. The van der Waals surface area contributed by atoms with Crippen LogP contribution in [-0.2, 0) is 4.74 Å². The molecule has 0 spiro atoms. The Morgan fingerprint density at radius 1 is 1.42 bits per heavy atom. The minimum Gasteiger partial charge on any atom is -0.380 e. The van der Waals surface area contributed by atoms with E-state index < -0.39 is 0 Å². The second-order valence-electron chi connectivity index (χ2n) is 4.46. The molecule has 0 aromatic rings. The zero-order valence-corrected chi connectivity index (χ0v) is 8.52. The molecule has 1 N–H and O–H groups in total. The fourth-order valence-corrected chi connectivity index (χ4v) is 1.11. The average molecular weight is 171 g/mol. The van der Waals surface area contributed by atoms with Gasteiger partial charge in [-0.3, -0.25) is 0 Å². The third-order valence-electron chi connectivity index (χ3n) is 2.25. The Bertz CT molecular complexity index is 130. The molecule has 1 fully saturated rings. The summed E-state index contributed by atoms with van der Waals surface area (Å²) in [6, 6.07) is 0. The van der Waals surface area contributed by atoms with Gasteiger partial charge in [-0.1, -0.05) is 13.8 Å². The summed E-state index contributed by atoms with van der Waals surface area (Å²) in [5.74, 6) is 0.654. The second kappa shape index (κ2) is 4.24. The molecule has 1 rings (SSSR count). The van der Waals surface area contributed by atoms with E-state index >= 15 is 0 Å². The zero-order valence-electron chi connectivity index (χ0n) is 8.52. The molecule has 0 aromatic carbocycles. The summed E-state index contributed by atoms with van der Waals surface area (Å²) in [6.07, 6.45) is 2.66. The Morgan fingerprint density at radius 3 is 2.58 bits per heavy atom. The monoisotopic (exact) mass is 171 g/mol. The summed E-state index contributed by atoms with van der Waals surface area (Å²) in [5.41, 5.74) is 0.460. The average Bonchev–Trinajstić information content (AvgIpc) is 2.67. The van der Waals surface area contributed by atoms with E-state index in [1.165, 1.54) is 12.8 Å². The van der Waals surface area contributed by atoms with Crippen LogP contribution >= 0.6 is 0 Å². The van der Waals surface area contributed by atoms with Crippen LogP contribution in [0.3, 0.4) is 0 Å². The lowest BCUT2D eigenvalue weighted by Crippen LogP contribution is -2.31. The van der Waals surface area contributed by atoms with Crippen molar-refractivity contribution >= 4 is 0 Å². The Hall–Kier alpha value is -0.0800. The summed E-state index contributed by atoms with van der Waals surface area (Å²) < 4.78 is 5.46. The molecule has 1 saturated carbocycles. The number of hydrogen-bond acceptors (Lipinski definition) is 2. The first-order chi connectivity index (χ1) is 5.62. The third-order valence-corrected chi connectivity index (χ3v) is 2.25. The van der Waals surface area contributed by atoms with Crippen molar-refractivity contribution in [2.45, 2.75) is 39.2 Å². The molecular weight excluding hydrogens is 150 g/mol. The van der Waals surface area contributed by atoms with Gasteiger partial charge >= 0.3 is 0 Å². The van der Waals surface area contributed by atoms with Crippen LogP contribution in [0, 0.1) is 5.92 Å². The van der Waals surface area contributed by atoms with Crippen LogP contribution in [0.1, 0.15) is 33.6 Å². The number of rotatable bonds is 6. The molecule has 0 saturated heterocycles. The summed E-state index contributed by atoms with van der Waals surface area (Å²) in [5, 5.41) is 3.48. The Balaban J connectivity index is 1.83. The second-order valence-corrected chi connectivity index (χ2v) is 4.46. The molecule has 1 aliphatic rings. The maximum atomic E-state index is 5.46. The van der Waals surface area contributed by atoms with Gasteiger partial charge in [-0.15, -0.1) is 0 Å². The predicted octanol–water partition coefficient (Wildman–Crippen LogP) is 1.80. The van der Waals surface area contributed by atoms with Crippen LogP contribution in [0.2, 0.25) is 0 Å². The quantitative estimate of drug-likeness (QED) is 0.615. The SMILES string of the molecule is CC(C)COCCNC1(C)CC1. The smallest absolute Gasteiger partial charge is 0.0591 e. The van der Waals surface area contributed by atoms with Crippen LogP contribution in [0.4, 0.5) is 0 Å². The van der Waals surface area contributed by atoms with E-state index in [1.54, 1.807) is 0 Å². The first-order valence-electron chi connectivity index (χ1n) is 4.95. The minimum atomic E-state index is 0.460. The van der Waals surface area contributed by atoms with Crippen LogP contribution in [0.25, 0.3) is 0 Å². The first-order valence-corrected chi connectivity index (χ1v) is 4.95. The van der Waals surface area contributed by atoms with E-state index in [0.29, 0.717) is 11.5 Å². The molecule has 0 heterocycles. The highest BCUT2D eigenvalue weighted by Gasteiger charge is 2.35. The number of ether oxygens (including phenoxy) is 1. The van der Waals surface area contributed by atoms with Crippen molar-refractivity contribution in [2.75, 3.05) is 19.8 Å². The van der Waals surface area contributed by atoms with Crippen LogP contribution in [0.15, 0.2) is 0 Å². The van der Waals surface area contributed by atoms with Gasteiger partial charge in [0.05, 0.1) is 6.61 Å². The van der Waals surface area contributed by atoms with E-state index in [-0.39, 0.29) is 0 Å². The minimum absolute atomic E-state index is 0.460. The van der Waals surface area contributed by atoms with Gasteiger partial charge in [0, 0.05) is 18.7 Å². The molecule has 0 amide bonds. The number of hydrogen-bond donors (Lipinski definition) is 1. The number of nitrogens with one attached hydrogen (secondary N) is 1. The molecule has 1 aliphatic carbocycles. The Morgan fingerprint density at radius 2 is 2.08 bits per heavy atom. The summed E-state index contributed by atoms with van der Waals surface area (Å²) in [6.45, 7) is 9.37. The van der Waals surface area contributed by atoms with Gasteiger partial charge in [-0.2, -0.15) is 0 Å². The van der Waals surface area contributed by atoms with Gasteiger partial charge in [-0.25, -0.2) is 0 Å². The predicted molar refractivity (Wildman–Crippen MR) is 51.3 cm³/mol. The molecule has 0 unspecified atom stereocenters. The van der Waals surface area contributed by atoms with Gasteiger partial charge in [-0.05, 0) is 25.7 Å². The first kappa shape index (κ1) is 10.0. The maximum absolute atomic E-state index is 5.46. The van der Waals surface area contributed by atoms with Crippen molar-refractivity contribution in [1.82, 2.24) is 5.32 Å². The summed E-state index contributed by atoms with van der Waals surface area (Å²) >= 11 is 0. The van der Waals surface area contributed by atoms with Gasteiger partial charge in [0.2, 0.25) is 0 Å². The largest absolute Gasteiger partial charge is 0.380 e. The van der Waals surface area contributed by atoms with Crippen LogP contribution in [-0.4, -0.2) is 25.3 Å². The van der Waals surface area contributed by atoms with E-state index in [4.69, 9.17) is 4.74 Å². The lowest BCUT2D eigenvalue weighted by molar-refractivity contribution is 0.110. The molecule has 0 aromatic heterocycles. The van der Waals surface area contributed by atoms with Gasteiger partial charge in [0.1, 0.15) is 0 Å². The van der Waals surface area contributed by atoms with Crippen molar-refractivity contribution < 1.29 is 4.74 Å². The van der Waals surface area contributed by atoms with Crippen molar-refractivity contribution in [1.29, 1.82) is 0 Å². The lowest BCUT2D eigenvalue weighted by atomic mass is 10.2. The fourth-order valence-electron chi connectivity index (χ4n) is 1.11. The van der Waals surface area contributed by atoms with E-state index in [9.17, 15) is 0 Å². The molecule has 2 heteroatoms. The maximum Gasteiger partial charge on any atom is 0.0591 e. The fraction of sp³-hybridized carbons (Fsp3) is 1.00. The molecular formula is C10H21NO. The van der Waals surface area contributed by atoms with Crippen LogP contribution in [0.5, 0.6) is 0 Å². The van der Waals surface area contributed by atoms with Gasteiger partial charge in [0.25, 0.3) is 0 Å². The van der Waals surface area contributed by atoms with Crippen LogP contribution < -0.4 is 5.32 Å². The highest BCUT2D eigenvalue weighted by Crippen LogP contribution is 2.33. The topological polar surface area (TPSA) is 21.3 Å². The van der Waals surface area contributed by atoms with Crippen molar-refractivity contribution in [3.8, 4) is 0 Å². The summed E-state index contributed by atoms with van der Waals surface area (Å²) in [7, 11) is 0. The summed E-state index contributed by atoms with van der Waals surface area (Å²) in [4.78, 5) is 0. The van der Waals surface area contributed by atoms with E-state index in [2.05, 4.69) is 26.1 Å². The van der Waals surface area contributed by atoms with Crippen molar-refractivity contribution in [3.05, 3.63) is 0 Å². The van der Waals surface area contributed by atoms with Crippen molar-refractivity contribution in [2.24, 2.45) is 5.92 Å².